The van der Waals surface area contributed by atoms with Gasteiger partial charge in [-0.2, -0.15) is 9.98 Å². The molecule has 2 aliphatic heterocycles. The summed E-state index contributed by atoms with van der Waals surface area (Å²) < 4.78 is 0. The lowest BCUT2D eigenvalue weighted by Gasteiger charge is -2.24. The first kappa shape index (κ1) is 49.9. The van der Waals surface area contributed by atoms with Crippen molar-refractivity contribution in [2.45, 2.75) is 10.7 Å². The molecule has 0 aromatic heterocycles. The summed E-state index contributed by atoms with van der Waals surface area (Å²) in [6.07, 6.45) is 0. The summed E-state index contributed by atoms with van der Waals surface area (Å²) in [5, 5.41) is 9.74. The Balaban J connectivity index is 1.25. The van der Waals surface area contributed by atoms with Crippen molar-refractivity contribution in [2.75, 3.05) is 31.1 Å². The Morgan fingerprint density at radius 1 is 0.386 bits per heavy atom. The molecule has 2 fully saturated rings. The van der Waals surface area contributed by atoms with E-state index in [2.05, 4.69) is 31.3 Å². The number of aliphatic imine (C=N–C) groups is 2. The van der Waals surface area contributed by atoms with Crippen LogP contribution < -0.4 is 31.1 Å². The number of anilines is 6. The third-order valence-corrected chi connectivity index (χ3v) is 14.1. The fraction of sp³-hybridized carbons (Fsp3) is 0.0435. The Morgan fingerprint density at radius 2 is 0.629 bits per heavy atom. The van der Waals surface area contributed by atoms with E-state index in [1.54, 1.807) is 24.3 Å². The molecule has 16 nitrogen and oxygen atoms in total. The number of imide groups is 2. The fourth-order valence-corrected chi connectivity index (χ4v) is 10.3. The first-order valence-electron chi connectivity index (χ1n) is 20.1. The third-order valence-electron chi connectivity index (χ3n) is 9.82. The van der Waals surface area contributed by atoms with E-state index < -0.39 is 46.9 Å². The molecule has 2 atom stereocenters. The maximum Gasteiger partial charge on any atom is 0.347 e. The van der Waals surface area contributed by atoms with Crippen LogP contribution in [0.25, 0.3) is 0 Å². The Bertz CT molecular complexity index is 2840. The van der Waals surface area contributed by atoms with E-state index in [4.69, 9.17) is 69.6 Å². The topological polar surface area (TPSA) is 188 Å². The number of hydrogen-bond acceptors (Lipinski definition) is 8. The molecule has 0 saturated carbocycles. The summed E-state index contributed by atoms with van der Waals surface area (Å²) in [5.74, 6) is -0.588. The van der Waals surface area contributed by atoms with E-state index in [9.17, 15) is 28.8 Å². The number of benzene rings is 6. The Hall–Kier alpha value is -6.48. The molecule has 2 aliphatic rings. The van der Waals surface area contributed by atoms with Crippen LogP contribution in [0.1, 0.15) is 0 Å². The van der Waals surface area contributed by atoms with Gasteiger partial charge in [0.25, 0.3) is 0 Å². The lowest BCUT2D eigenvalue weighted by Crippen LogP contribution is -2.43. The summed E-state index contributed by atoms with van der Waals surface area (Å²) >= 11 is 36.9. The van der Waals surface area contributed by atoms with Gasteiger partial charge in [0.05, 0.1) is 11.4 Å². The monoisotopic (exact) mass is 1090 g/mol. The zero-order valence-electron chi connectivity index (χ0n) is 35.2. The second kappa shape index (κ2) is 22.1. The standard InChI is InChI=1S/C46H30Cl6N10O6S2/c47-25-1-13-31(14-2-25)53-41(63)57-37-39(61(43(65)55-33-17-5-27(49)6-18-33)45(67)59(37)35-21-9-29(51)10-22-35)69-70-40-38(58-42(64)54-32-15-3-26(48)4-16-32)60(36-23-11-30(52)12-24-36)46(68)62(40)44(66)56-34-19-7-28(50)8-20-34/h1-24,39-40H,(H,53,63)(H,54,64)(H,55,65)(H,56,66)/b57-37-,58-38+. The number of nitrogens with one attached hydrogen (secondary N) is 4. The van der Waals surface area contributed by atoms with Gasteiger partial charge in [0.15, 0.2) is 22.4 Å². The third kappa shape index (κ3) is 11.7. The first-order chi connectivity index (χ1) is 33.6. The van der Waals surface area contributed by atoms with Crippen LogP contribution >= 0.6 is 91.2 Å². The molecular weight excluding hydrogens is 1070 g/mol. The average Bonchev–Trinajstić information content (AvgIpc) is 3.76. The van der Waals surface area contributed by atoms with Gasteiger partial charge >= 0.3 is 36.2 Å². The Morgan fingerprint density at radius 3 is 0.900 bits per heavy atom. The zero-order valence-corrected chi connectivity index (χ0v) is 41.4. The summed E-state index contributed by atoms with van der Waals surface area (Å²) in [7, 11) is 1.48. The molecule has 8 rings (SSSR count). The van der Waals surface area contributed by atoms with Gasteiger partial charge in [0.1, 0.15) is 0 Å². The first-order valence-corrected chi connectivity index (χ1v) is 24.7. The molecule has 4 N–H and O–H groups in total. The molecule has 354 valence electrons. The van der Waals surface area contributed by atoms with Gasteiger partial charge in [-0.3, -0.25) is 0 Å². The average molecular weight is 1100 g/mol. The van der Waals surface area contributed by atoms with Gasteiger partial charge in [-0.15, -0.1) is 0 Å². The predicted molar refractivity (Wildman–Crippen MR) is 282 cm³/mol. The second-order valence-corrected chi connectivity index (χ2v) is 19.6. The summed E-state index contributed by atoms with van der Waals surface area (Å²) in [6.45, 7) is 0. The van der Waals surface area contributed by atoms with Crippen LogP contribution in [0, 0.1) is 0 Å². The van der Waals surface area contributed by atoms with E-state index in [0.717, 1.165) is 41.2 Å². The SMILES string of the molecule is O=C(/N=C1/C(SSC2/C(=N\C(=O)Nc3ccc(Cl)cc3)N(c3ccc(Cl)cc3)C(=O)N2C(=O)Nc2ccc(Cl)cc2)N(C(=O)Nc2ccc(Cl)cc2)C(=O)N1c1ccc(Cl)cc1)Nc1ccc(Cl)cc1. The number of amides is 12. The van der Waals surface area contributed by atoms with Crippen molar-refractivity contribution in [1.29, 1.82) is 0 Å². The molecule has 2 heterocycles. The van der Waals surface area contributed by atoms with E-state index in [1.807, 2.05) is 0 Å². The number of carbonyl (C=O) groups excluding carboxylic acids is 6. The molecule has 0 spiro atoms. The van der Waals surface area contributed by atoms with E-state index in [-0.39, 0.29) is 34.4 Å². The molecule has 70 heavy (non-hydrogen) atoms. The van der Waals surface area contributed by atoms with Crippen LogP contribution in [-0.4, -0.2) is 68.4 Å². The minimum atomic E-state index is -1.54. The van der Waals surface area contributed by atoms with Gasteiger partial charge in [0.2, 0.25) is 0 Å². The Kier molecular flexibility index (Phi) is 15.7. The zero-order chi connectivity index (χ0) is 49.6. The number of hydrogen-bond donors (Lipinski definition) is 4. The highest BCUT2D eigenvalue weighted by Gasteiger charge is 2.53. The van der Waals surface area contributed by atoms with Crippen molar-refractivity contribution in [3.05, 3.63) is 176 Å². The molecule has 6 aromatic rings. The number of halogens is 6. The minimum absolute atomic E-state index is 0.153. The quantitative estimate of drug-likeness (QED) is 0.103. The lowest BCUT2D eigenvalue weighted by molar-refractivity contribution is 0.205. The van der Waals surface area contributed by atoms with Gasteiger partial charge in [-0.1, -0.05) is 91.2 Å². The van der Waals surface area contributed by atoms with E-state index in [0.29, 0.717) is 41.5 Å². The highest BCUT2D eigenvalue weighted by Crippen LogP contribution is 2.45. The summed E-state index contributed by atoms with van der Waals surface area (Å²) in [5.41, 5.74) is 1.38. The number of rotatable bonds is 9. The lowest BCUT2D eigenvalue weighted by atomic mass is 10.3. The van der Waals surface area contributed by atoms with Crippen LogP contribution in [0.2, 0.25) is 30.1 Å². The smallest absolute Gasteiger partial charge is 0.307 e. The van der Waals surface area contributed by atoms with Gasteiger partial charge < -0.3 is 21.3 Å². The number of amidine groups is 2. The van der Waals surface area contributed by atoms with Crippen LogP contribution in [0.15, 0.2) is 156 Å². The maximum atomic E-state index is 14.8. The number of urea groups is 6. The highest BCUT2D eigenvalue weighted by atomic mass is 35.5. The van der Waals surface area contributed by atoms with Crippen LogP contribution in [0.4, 0.5) is 62.9 Å². The van der Waals surface area contributed by atoms with Crippen LogP contribution in [0.5, 0.6) is 0 Å². The maximum absolute atomic E-state index is 14.8. The Labute approximate surface area is 436 Å². The van der Waals surface area contributed by atoms with Gasteiger partial charge in [0, 0.05) is 52.9 Å². The van der Waals surface area contributed by atoms with Crippen LogP contribution in [0.3, 0.4) is 0 Å². The molecular formula is C46H30Cl6N10O6S2. The molecule has 24 heteroatoms. The summed E-state index contributed by atoms with van der Waals surface area (Å²) in [4.78, 5) is 98.9. The molecule has 2 saturated heterocycles. The summed E-state index contributed by atoms with van der Waals surface area (Å²) in [6, 6.07) is 30.5. The van der Waals surface area contributed by atoms with Crippen molar-refractivity contribution in [2.24, 2.45) is 9.98 Å². The van der Waals surface area contributed by atoms with Crippen molar-refractivity contribution >= 4 is 173 Å². The molecule has 0 bridgehead atoms. The molecule has 0 aliphatic carbocycles. The number of nitrogens with zero attached hydrogens (tertiary/aromatic N) is 6. The van der Waals surface area contributed by atoms with Gasteiger partial charge in [-0.05, 0) is 146 Å². The van der Waals surface area contributed by atoms with E-state index >= 15 is 0 Å². The number of carbonyl (C=O) groups is 6. The molecule has 12 amide bonds. The predicted octanol–water partition coefficient (Wildman–Crippen LogP) is 14.6. The van der Waals surface area contributed by atoms with Crippen LogP contribution in [-0.2, 0) is 0 Å². The van der Waals surface area contributed by atoms with Crippen molar-refractivity contribution in [1.82, 2.24) is 9.80 Å². The fourth-order valence-electron chi connectivity index (χ4n) is 6.62. The largest absolute Gasteiger partial charge is 0.347 e. The molecule has 2 unspecified atom stereocenters. The van der Waals surface area contributed by atoms with Crippen molar-refractivity contribution < 1.29 is 28.8 Å². The minimum Gasteiger partial charge on any atom is -0.307 e. The molecule has 6 aromatic carbocycles. The normalized spacial score (nSPS) is 16.8. The second-order valence-electron chi connectivity index (χ2n) is 14.5. The molecule has 0 radical (unpaired) electrons. The highest BCUT2D eigenvalue weighted by molar-refractivity contribution is 8.77. The van der Waals surface area contributed by atoms with E-state index in [1.165, 1.54) is 121 Å². The van der Waals surface area contributed by atoms with Crippen molar-refractivity contribution in [3.8, 4) is 0 Å². The van der Waals surface area contributed by atoms with Gasteiger partial charge in [-0.25, -0.2) is 48.4 Å². The van der Waals surface area contributed by atoms with Crippen molar-refractivity contribution in [3.63, 3.8) is 0 Å².